The minimum absolute atomic E-state index is 0.157. The molecule has 6 nitrogen and oxygen atoms in total. The quantitative estimate of drug-likeness (QED) is 0.638. The SMILES string of the molecule is CC(C)c1ccc(S(=O)(=O)Nc2ccc3c(c2)C(=O)Nc2ccccc2O3)cc1. The minimum atomic E-state index is -3.79. The summed E-state index contributed by atoms with van der Waals surface area (Å²) in [5.74, 6) is 0.828. The molecule has 148 valence electrons. The number of sulfonamides is 1. The van der Waals surface area contributed by atoms with Crippen molar-refractivity contribution in [2.24, 2.45) is 0 Å². The van der Waals surface area contributed by atoms with Crippen LogP contribution in [0.1, 0.15) is 35.7 Å². The predicted octanol–water partition coefficient (Wildman–Crippen LogP) is 4.97. The summed E-state index contributed by atoms with van der Waals surface area (Å²) in [7, 11) is -3.79. The molecule has 0 bridgehead atoms. The van der Waals surface area contributed by atoms with E-state index in [1.165, 1.54) is 6.07 Å². The molecule has 4 rings (SSSR count). The third-order valence-electron chi connectivity index (χ3n) is 4.69. The fraction of sp³-hybridized carbons (Fsp3) is 0.136. The summed E-state index contributed by atoms with van der Waals surface area (Å²) in [6.07, 6.45) is 0. The summed E-state index contributed by atoms with van der Waals surface area (Å²) < 4.78 is 33.8. The van der Waals surface area contributed by atoms with E-state index in [1.54, 1.807) is 54.6 Å². The summed E-state index contributed by atoms with van der Waals surface area (Å²) in [6, 6.07) is 18.5. The Bertz CT molecular complexity index is 1190. The molecule has 1 heterocycles. The molecule has 29 heavy (non-hydrogen) atoms. The Balaban J connectivity index is 1.62. The molecular formula is C22H20N2O4S. The van der Waals surface area contributed by atoms with Gasteiger partial charge in [-0.3, -0.25) is 9.52 Å². The minimum Gasteiger partial charge on any atom is -0.454 e. The van der Waals surface area contributed by atoms with Crippen molar-refractivity contribution >= 4 is 27.3 Å². The van der Waals surface area contributed by atoms with Gasteiger partial charge >= 0.3 is 0 Å². The Hall–Kier alpha value is -3.32. The number of nitrogens with one attached hydrogen (secondary N) is 2. The van der Waals surface area contributed by atoms with Crippen molar-refractivity contribution < 1.29 is 17.9 Å². The summed E-state index contributed by atoms with van der Waals surface area (Å²) >= 11 is 0. The van der Waals surface area contributed by atoms with Gasteiger partial charge in [0.25, 0.3) is 15.9 Å². The van der Waals surface area contributed by atoms with E-state index in [9.17, 15) is 13.2 Å². The van der Waals surface area contributed by atoms with Crippen molar-refractivity contribution in [1.82, 2.24) is 0 Å². The van der Waals surface area contributed by atoms with Crippen LogP contribution in [-0.4, -0.2) is 14.3 Å². The third kappa shape index (κ3) is 3.82. The molecule has 3 aromatic rings. The Morgan fingerprint density at radius 1 is 0.931 bits per heavy atom. The number of ether oxygens (including phenoxy) is 1. The first-order valence-electron chi connectivity index (χ1n) is 9.18. The number of benzene rings is 3. The highest BCUT2D eigenvalue weighted by atomic mass is 32.2. The molecule has 1 aliphatic rings. The number of rotatable bonds is 4. The van der Waals surface area contributed by atoms with Crippen molar-refractivity contribution in [3.05, 3.63) is 77.9 Å². The highest BCUT2D eigenvalue weighted by Gasteiger charge is 2.22. The molecule has 0 aromatic heterocycles. The van der Waals surface area contributed by atoms with Gasteiger partial charge < -0.3 is 10.1 Å². The van der Waals surface area contributed by atoms with Gasteiger partial charge in [0.05, 0.1) is 16.1 Å². The summed E-state index contributed by atoms with van der Waals surface area (Å²) in [5, 5.41) is 2.78. The van der Waals surface area contributed by atoms with Crippen LogP contribution in [-0.2, 0) is 10.0 Å². The van der Waals surface area contributed by atoms with Crippen molar-refractivity contribution in [1.29, 1.82) is 0 Å². The van der Waals surface area contributed by atoms with Gasteiger partial charge in [-0.25, -0.2) is 8.42 Å². The smallest absolute Gasteiger partial charge is 0.261 e. The first kappa shape index (κ1) is 19.0. The van der Waals surface area contributed by atoms with Gasteiger partial charge in [-0.15, -0.1) is 0 Å². The zero-order valence-electron chi connectivity index (χ0n) is 16.0. The standard InChI is InChI=1S/C22H20N2O4S/c1-14(2)15-7-10-17(11-8-15)29(26,27)24-16-9-12-20-18(13-16)22(25)23-19-5-3-4-6-21(19)28-20/h3-14,24H,1-2H3,(H,23,25). The molecular weight excluding hydrogens is 388 g/mol. The van der Waals surface area contributed by atoms with E-state index in [0.29, 0.717) is 23.1 Å². The van der Waals surface area contributed by atoms with Gasteiger partial charge in [0.1, 0.15) is 5.75 Å². The number of amides is 1. The van der Waals surface area contributed by atoms with Crippen LogP contribution in [0.25, 0.3) is 0 Å². The molecule has 0 aliphatic carbocycles. The molecule has 0 atom stereocenters. The topological polar surface area (TPSA) is 84.5 Å². The molecule has 1 aliphatic heterocycles. The number of fused-ring (bicyclic) bond motifs is 2. The van der Waals surface area contributed by atoms with Crippen LogP contribution in [0.15, 0.2) is 71.6 Å². The van der Waals surface area contributed by atoms with Gasteiger partial charge in [0.15, 0.2) is 5.75 Å². The molecule has 0 unspecified atom stereocenters. The molecule has 0 saturated carbocycles. The van der Waals surface area contributed by atoms with Crippen molar-refractivity contribution in [3.63, 3.8) is 0 Å². The molecule has 3 aromatic carbocycles. The molecule has 0 saturated heterocycles. The molecule has 1 amide bonds. The second-order valence-electron chi connectivity index (χ2n) is 7.09. The van der Waals surface area contributed by atoms with Crippen LogP contribution >= 0.6 is 0 Å². The van der Waals surface area contributed by atoms with E-state index in [2.05, 4.69) is 10.0 Å². The van der Waals surface area contributed by atoms with Gasteiger partial charge in [-0.2, -0.15) is 0 Å². The van der Waals surface area contributed by atoms with E-state index in [0.717, 1.165) is 5.56 Å². The van der Waals surface area contributed by atoms with E-state index in [4.69, 9.17) is 4.74 Å². The van der Waals surface area contributed by atoms with E-state index in [1.807, 2.05) is 19.9 Å². The summed E-state index contributed by atoms with van der Waals surface area (Å²) in [5.41, 5.74) is 2.14. The Kier molecular flexibility index (Phi) is 4.76. The maximum Gasteiger partial charge on any atom is 0.261 e. The Labute approximate surface area is 169 Å². The summed E-state index contributed by atoms with van der Waals surface area (Å²) in [6.45, 7) is 4.09. The number of para-hydroxylation sites is 2. The fourth-order valence-corrected chi connectivity index (χ4v) is 4.12. The number of carbonyl (C=O) groups is 1. The first-order valence-corrected chi connectivity index (χ1v) is 10.7. The largest absolute Gasteiger partial charge is 0.454 e. The lowest BCUT2D eigenvalue weighted by atomic mass is 10.0. The third-order valence-corrected chi connectivity index (χ3v) is 6.09. The van der Waals surface area contributed by atoms with Crippen LogP contribution in [0.4, 0.5) is 11.4 Å². The summed E-state index contributed by atoms with van der Waals surface area (Å²) in [4.78, 5) is 12.7. The lowest BCUT2D eigenvalue weighted by Crippen LogP contribution is -2.15. The van der Waals surface area contributed by atoms with Crippen molar-refractivity contribution in [3.8, 4) is 11.5 Å². The van der Waals surface area contributed by atoms with E-state index >= 15 is 0 Å². The number of hydrogen-bond donors (Lipinski definition) is 2. The van der Waals surface area contributed by atoms with Crippen molar-refractivity contribution in [2.45, 2.75) is 24.7 Å². The zero-order valence-corrected chi connectivity index (χ0v) is 16.8. The lowest BCUT2D eigenvalue weighted by molar-refractivity contribution is 0.102. The average Bonchev–Trinajstić information content (AvgIpc) is 2.83. The number of carbonyl (C=O) groups excluding carboxylic acids is 1. The van der Waals surface area contributed by atoms with E-state index < -0.39 is 10.0 Å². The monoisotopic (exact) mass is 408 g/mol. The Morgan fingerprint density at radius 3 is 2.38 bits per heavy atom. The first-order chi connectivity index (χ1) is 13.8. The average molecular weight is 408 g/mol. The molecule has 7 heteroatoms. The highest BCUT2D eigenvalue weighted by molar-refractivity contribution is 7.92. The van der Waals surface area contributed by atoms with E-state index in [-0.39, 0.29) is 22.1 Å². The lowest BCUT2D eigenvalue weighted by Gasteiger charge is -2.12. The second kappa shape index (κ2) is 7.25. The zero-order chi connectivity index (χ0) is 20.6. The molecule has 0 spiro atoms. The second-order valence-corrected chi connectivity index (χ2v) is 8.77. The Morgan fingerprint density at radius 2 is 1.66 bits per heavy atom. The van der Waals surface area contributed by atoms with Gasteiger partial charge in [0, 0.05) is 5.69 Å². The fourth-order valence-electron chi connectivity index (χ4n) is 3.07. The van der Waals surface area contributed by atoms with Crippen molar-refractivity contribution in [2.75, 3.05) is 10.0 Å². The normalized spacial score (nSPS) is 13.0. The number of hydrogen-bond acceptors (Lipinski definition) is 4. The highest BCUT2D eigenvalue weighted by Crippen LogP contribution is 2.36. The van der Waals surface area contributed by atoms with Crippen LogP contribution in [0.3, 0.4) is 0 Å². The maximum atomic E-state index is 12.7. The van der Waals surface area contributed by atoms with Crippen LogP contribution < -0.4 is 14.8 Å². The van der Waals surface area contributed by atoms with Crippen LogP contribution in [0.5, 0.6) is 11.5 Å². The predicted molar refractivity (Wildman–Crippen MR) is 112 cm³/mol. The maximum absolute atomic E-state index is 12.7. The van der Waals surface area contributed by atoms with Crippen LogP contribution in [0, 0.1) is 0 Å². The molecule has 0 radical (unpaired) electrons. The van der Waals surface area contributed by atoms with Gasteiger partial charge in [-0.1, -0.05) is 38.1 Å². The van der Waals surface area contributed by atoms with Gasteiger partial charge in [-0.05, 0) is 53.9 Å². The number of anilines is 2. The molecule has 2 N–H and O–H groups in total. The molecule has 0 fully saturated rings. The van der Waals surface area contributed by atoms with Crippen LogP contribution in [0.2, 0.25) is 0 Å². The van der Waals surface area contributed by atoms with Gasteiger partial charge in [0.2, 0.25) is 0 Å².